The topological polar surface area (TPSA) is 34.2 Å². The molecule has 1 atom stereocenters. The Bertz CT molecular complexity index is 574. The van der Waals surface area contributed by atoms with Gasteiger partial charge in [-0.05, 0) is 38.8 Å². The Labute approximate surface area is 114 Å². The number of hydrogen-bond acceptors (Lipinski definition) is 3. The zero-order valence-electron chi connectivity index (χ0n) is 11.5. The van der Waals surface area contributed by atoms with Gasteiger partial charge < -0.3 is 10.1 Å². The third-order valence-corrected chi connectivity index (χ3v) is 3.71. The maximum absolute atomic E-state index is 5.77. The highest BCUT2D eigenvalue weighted by Gasteiger charge is 2.28. The van der Waals surface area contributed by atoms with Crippen molar-refractivity contribution in [1.29, 1.82) is 0 Å². The molecule has 1 aromatic heterocycles. The van der Waals surface area contributed by atoms with Crippen LogP contribution in [0.2, 0.25) is 0 Å². The van der Waals surface area contributed by atoms with Crippen molar-refractivity contribution in [2.45, 2.75) is 38.3 Å². The van der Waals surface area contributed by atoms with E-state index >= 15 is 0 Å². The van der Waals surface area contributed by atoms with Gasteiger partial charge in [0.25, 0.3) is 0 Å². The molecule has 0 aliphatic carbocycles. The first-order valence-corrected chi connectivity index (χ1v) is 6.88. The molecule has 2 aromatic rings. The Balaban J connectivity index is 1.85. The van der Waals surface area contributed by atoms with Crippen LogP contribution in [0.5, 0.6) is 0 Å². The second kappa shape index (κ2) is 4.82. The first kappa shape index (κ1) is 12.4. The van der Waals surface area contributed by atoms with Gasteiger partial charge in [0.15, 0.2) is 0 Å². The number of hydrogen-bond donors (Lipinski definition) is 1. The van der Waals surface area contributed by atoms with Crippen molar-refractivity contribution >= 4 is 16.6 Å². The second-order valence-corrected chi connectivity index (χ2v) is 5.82. The Morgan fingerprint density at radius 2 is 2.11 bits per heavy atom. The fraction of sp³-hybridized carbons (Fsp3) is 0.438. The van der Waals surface area contributed by atoms with Gasteiger partial charge in [-0.1, -0.05) is 18.2 Å². The van der Waals surface area contributed by atoms with E-state index in [0.29, 0.717) is 6.04 Å². The minimum atomic E-state index is -0.0290. The van der Waals surface area contributed by atoms with Gasteiger partial charge in [-0.3, -0.25) is 4.98 Å². The Hall–Kier alpha value is -1.61. The molecule has 3 nitrogen and oxygen atoms in total. The molecule has 1 aromatic carbocycles. The number of ether oxygens (including phenoxy) is 1. The Morgan fingerprint density at radius 3 is 2.95 bits per heavy atom. The van der Waals surface area contributed by atoms with Crippen molar-refractivity contribution in [3.05, 3.63) is 36.5 Å². The van der Waals surface area contributed by atoms with Crippen LogP contribution in [0, 0.1) is 0 Å². The van der Waals surface area contributed by atoms with E-state index in [1.807, 2.05) is 12.3 Å². The molecule has 3 rings (SSSR count). The number of para-hydroxylation sites is 1. The normalized spacial score (nSPS) is 22.3. The number of anilines is 1. The standard InChI is InChI=1S/C16H20N2O/c1-16(2)11-12(8-10-19-16)18-15-7-9-17-14-6-4-3-5-13(14)15/h3-7,9,12H,8,10-11H2,1-2H3,(H,17,18). The molecule has 100 valence electrons. The maximum atomic E-state index is 5.77. The number of pyridine rings is 1. The molecule has 19 heavy (non-hydrogen) atoms. The van der Waals surface area contributed by atoms with Crippen LogP contribution in [0.15, 0.2) is 36.5 Å². The lowest BCUT2D eigenvalue weighted by atomic mass is 9.93. The number of benzene rings is 1. The van der Waals surface area contributed by atoms with Crippen LogP contribution >= 0.6 is 0 Å². The van der Waals surface area contributed by atoms with Gasteiger partial charge >= 0.3 is 0 Å². The number of fused-ring (bicyclic) bond motifs is 1. The highest BCUT2D eigenvalue weighted by atomic mass is 16.5. The largest absolute Gasteiger partial charge is 0.382 e. The fourth-order valence-electron chi connectivity index (χ4n) is 2.80. The van der Waals surface area contributed by atoms with Crippen molar-refractivity contribution in [3.63, 3.8) is 0 Å². The molecule has 1 aliphatic rings. The Kier molecular flexibility index (Phi) is 3.15. The van der Waals surface area contributed by atoms with Crippen LogP contribution in [0.25, 0.3) is 10.9 Å². The summed E-state index contributed by atoms with van der Waals surface area (Å²) in [6.07, 6.45) is 3.96. The maximum Gasteiger partial charge on any atom is 0.0722 e. The first-order chi connectivity index (χ1) is 9.14. The summed E-state index contributed by atoms with van der Waals surface area (Å²) in [5, 5.41) is 4.85. The summed E-state index contributed by atoms with van der Waals surface area (Å²) >= 11 is 0. The molecular weight excluding hydrogens is 236 g/mol. The van der Waals surface area contributed by atoms with E-state index in [1.165, 1.54) is 11.1 Å². The number of nitrogens with zero attached hydrogens (tertiary/aromatic N) is 1. The van der Waals surface area contributed by atoms with Crippen molar-refractivity contribution in [3.8, 4) is 0 Å². The van der Waals surface area contributed by atoms with Gasteiger partial charge in [0.1, 0.15) is 0 Å². The minimum Gasteiger partial charge on any atom is -0.382 e. The van der Waals surface area contributed by atoms with E-state index in [1.54, 1.807) is 0 Å². The second-order valence-electron chi connectivity index (χ2n) is 5.82. The van der Waals surface area contributed by atoms with Crippen LogP contribution in [-0.4, -0.2) is 23.2 Å². The predicted molar refractivity (Wildman–Crippen MR) is 78.4 cm³/mol. The van der Waals surface area contributed by atoms with Crippen molar-refractivity contribution in [2.24, 2.45) is 0 Å². The third-order valence-electron chi connectivity index (χ3n) is 3.71. The highest BCUT2D eigenvalue weighted by Crippen LogP contribution is 2.28. The molecule has 1 aliphatic heterocycles. The molecule has 0 saturated carbocycles. The van der Waals surface area contributed by atoms with Crippen molar-refractivity contribution in [2.75, 3.05) is 11.9 Å². The van der Waals surface area contributed by atoms with Crippen LogP contribution in [0.4, 0.5) is 5.69 Å². The van der Waals surface area contributed by atoms with Crippen LogP contribution in [-0.2, 0) is 4.74 Å². The van der Waals surface area contributed by atoms with Gasteiger partial charge in [-0.15, -0.1) is 0 Å². The molecule has 1 N–H and O–H groups in total. The van der Waals surface area contributed by atoms with Gasteiger partial charge in [-0.2, -0.15) is 0 Å². The van der Waals surface area contributed by atoms with E-state index in [9.17, 15) is 0 Å². The van der Waals surface area contributed by atoms with Gasteiger partial charge in [0.2, 0.25) is 0 Å². The zero-order chi connectivity index (χ0) is 13.3. The predicted octanol–water partition coefficient (Wildman–Crippen LogP) is 3.60. The van der Waals surface area contributed by atoms with Crippen LogP contribution < -0.4 is 5.32 Å². The lowest BCUT2D eigenvalue weighted by Crippen LogP contribution is -2.40. The molecule has 3 heteroatoms. The SMILES string of the molecule is CC1(C)CC(Nc2ccnc3ccccc23)CCO1. The number of aromatic nitrogens is 1. The summed E-state index contributed by atoms with van der Waals surface area (Å²) in [7, 11) is 0. The van der Waals surface area contributed by atoms with E-state index < -0.39 is 0 Å². The molecule has 0 bridgehead atoms. The molecule has 1 saturated heterocycles. The number of nitrogens with one attached hydrogen (secondary N) is 1. The van der Waals surface area contributed by atoms with E-state index in [0.717, 1.165) is 25.0 Å². The van der Waals surface area contributed by atoms with Crippen LogP contribution in [0.1, 0.15) is 26.7 Å². The van der Waals surface area contributed by atoms with E-state index in [4.69, 9.17) is 4.74 Å². The lowest BCUT2D eigenvalue weighted by molar-refractivity contribution is -0.0553. The van der Waals surface area contributed by atoms with Crippen LogP contribution in [0.3, 0.4) is 0 Å². The summed E-state index contributed by atoms with van der Waals surface area (Å²) < 4.78 is 5.77. The lowest BCUT2D eigenvalue weighted by Gasteiger charge is -2.36. The fourth-order valence-corrected chi connectivity index (χ4v) is 2.80. The molecule has 2 heterocycles. The van der Waals surface area contributed by atoms with Gasteiger partial charge in [0, 0.05) is 29.9 Å². The van der Waals surface area contributed by atoms with E-state index in [-0.39, 0.29) is 5.60 Å². The quantitative estimate of drug-likeness (QED) is 0.891. The monoisotopic (exact) mass is 256 g/mol. The molecular formula is C16H20N2O. The van der Waals surface area contributed by atoms with Crippen molar-refractivity contribution in [1.82, 2.24) is 4.98 Å². The summed E-state index contributed by atoms with van der Waals surface area (Å²) in [6, 6.07) is 10.8. The summed E-state index contributed by atoms with van der Waals surface area (Å²) in [5.41, 5.74) is 2.19. The summed E-state index contributed by atoms with van der Waals surface area (Å²) in [5.74, 6) is 0. The van der Waals surface area contributed by atoms with E-state index in [2.05, 4.69) is 48.4 Å². The molecule has 0 radical (unpaired) electrons. The molecule has 0 amide bonds. The first-order valence-electron chi connectivity index (χ1n) is 6.88. The summed E-state index contributed by atoms with van der Waals surface area (Å²) in [6.45, 7) is 5.14. The van der Waals surface area contributed by atoms with Gasteiger partial charge in [0.05, 0.1) is 11.1 Å². The average Bonchev–Trinajstić information content (AvgIpc) is 2.38. The summed E-state index contributed by atoms with van der Waals surface area (Å²) in [4.78, 5) is 4.40. The van der Waals surface area contributed by atoms with Crippen molar-refractivity contribution < 1.29 is 4.74 Å². The molecule has 0 spiro atoms. The molecule has 1 fully saturated rings. The molecule has 1 unspecified atom stereocenters. The smallest absolute Gasteiger partial charge is 0.0722 e. The average molecular weight is 256 g/mol. The highest BCUT2D eigenvalue weighted by molar-refractivity contribution is 5.90. The number of rotatable bonds is 2. The third kappa shape index (κ3) is 2.71. The zero-order valence-corrected chi connectivity index (χ0v) is 11.5. The van der Waals surface area contributed by atoms with Gasteiger partial charge in [-0.25, -0.2) is 0 Å². The Morgan fingerprint density at radius 1 is 1.26 bits per heavy atom. The minimum absolute atomic E-state index is 0.0290.